The zero-order valence-corrected chi connectivity index (χ0v) is 11.2. The summed E-state index contributed by atoms with van der Waals surface area (Å²) in [6.45, 7) is 3.59. The number of likely N-dealkylation sites (tertiary alicyclic amines) is 1. The molecule has 2 nitrogen and oxygen atoms in total. The Morgan fingerprint density at radius 3 is 3.06 bits per heavy atom. The molecule has 18 heavy (non-hydrogen) atoms. The number of halogens is 2. The maximum absolute atomic E-state index is 13.6. The second kappa shape index (κ2) is 5.70. The molecule has 0 radical (unpaired) electrons. The monoisotopic (exact) mass is 269 g/mol. The van der Waals surface area contributed by atoms with E-state index >= 15 is 0 Å². The first-order chi connectivity index (χ1) is 8.61. The smallest absolute Gasteiger partial charge is 0.256 e. The van der Waals surface area contributed by atoms with Crippen LogP contribution in [0.3, 0.4) is 0 Å². The van der Waals surface area contributed by atoms with E-state index in [2.05, 4.69) is 6.92 Å². The summed E-state index contributed by atoms with van der Waals surface area (Å²) in [5.41, 5.74) is 0.0830. The van der Waals surface area contributed by atoms with Crippen LogP contribution >= 0.6 is 11.6 Å². The summed E-state index contributed by atoms with van der Waals surface area (Å²) in [7, 11) is 0. The van der Waals surface area contributed by atoms with Gasteiger partial charge in [0.25, 0.3) is 5.91 Å². The highest BCUT2D eigenvalue weighted by molar-refractivity contribution is 6.31. The van der Waals surface area contributed by atoms with E-state index in [9.17, 15) is 9.18 Å². The van der Waals surface area contributed by atoms with Crippen molar-refractivity contribution in [2.24, 2.45) is 5.92 Å². The predicted molar refractivity (Wildman–Crippen MR) is 70.3 cm³/mol. The van der Waals surface area contributed by atoms with Crippen molar-refractivity contribution < 1.29 is 9.18 Å². The van der Waals surface area contributed by atoms with Gasteiger partial charge < -0.3 is 4.90 Å². The molecule has 0 saturated carbocycles. The lowest BCUT2D eigenvalue weighted by molar-refractivity contribution is 0.0782. The topological polar surface area (TPSA) is 20.3 Å². The largest absolute Gasteiger partial charge is 0.338 e. The lowest BCUT2D eigenvalue weighted by atomic mass is 10.0. The average Bonchev–Trinajstić information content (AvgIpc) is 2.80. The second-order valence-corrected chi connectivity index (χ2v) is 5.26. The molecular weight excluding hydrogens is 253 g/mol. The number of rotatable bonds is 3. The molecule has 4 heteroatoms. The Hall–Kier alpha value is -1.09. The summed E-state index contributed by atoms with van der Waals surface area (Å²) in [4.78, 5) is 13.9. The molecule has 0 aromatic heterocycles. The molecule has 2 rings (SSSR count). The molecular formula is C14H17ClFNO. The van der Waals surface area contributed by atoms with Gasteiger partial charge in [-0.25, -0.2) is 4.39 Å². The third-order valence-corrected chi connectivity index (χ3v) is 3.66. The molecule has 1 fully saturated rings. The SMILES string of the molecule is CCCC1CCN(C(=O)c2cc(Cl)ccc2F)C1. The van der Waals surface area contributed by atoms with Crippen LogP contribution in [0.25, 0.3) is 0 Å². The van der Waals surface area contributed by atoms with E-state index in [1.54, 1.807) is 4.90 Å². The van der Waals surface area contributed by atoms with Gasteiger partial charge in [-0.15, -0.1) is 0 Å². The number of hydrogen-bond donors (Lipinski definition) is 0. The fourth-order valence-electron chi connectivity index (χ4n) is 2.49. The summed E-state index contributed by atoms with van der Waals surface area (Å²) in [6.07, 6.45) is 3.27. The van der Waals surface area contributed by atoms with Crippen molar-refractivity contribution in [2.45, 2.75) is 26.2 Å². The minimum Gasteiger partial charge on any atom is -0.338 e. The highest BCUT2D eigenvalue weighted by Gasteiger charge is 2.27. The summed E-state index contributed by atoms with van der Waals surface area (Å²) in [5.74, 6) is -0.182. The van der Waals surface area contributed by atoms with Crippen LogP contribution in [0.4, 0.5) is 4.39 Å². The van der Waals surface area contributed by atoms with Crippen molar-refractivity contribution >= 4 is 17.5 Å². The first-order valence-electron chi connectivity index (χ1n) is 6.36. The molecule has 1 unspecified atom stereocenters. The summed E-state index contributed by atoms with van der Waals surface area (Å²) in [6, 6.07) is 4.11. The number of hydrogen-bond acceptors (Lipinski definition) is 1. The van der Waals surface area contributed by atoms with Gasteiger partial charge in [0.1, 0.15) is 5.82 Å². The molecule has 1 aliphatic heterocycles. The summed E-state index contributed by atoms with van der Waals surface area (Å²) in [5, 5.41) is 0.393. The Morgan fingerprint density at radius 2 is 2.33 bits per heavy atom. The highest BCUT2D eigenvalue weighted by atomic mass is 35.5. The Bertz CT molecular complexity index is 449. The lowest BCUT2D eigenvalue weighted by Gasteiger charge is -2.17. The number of carbonyl (C=O) groups excluding carboxylic acids is 1. The van der Waals surface area contributed by atoms with Crippen molar-refractivity contribution in [3.8, 4) is 0 Å². The van der Waals surface area contributed by atoms with Crippen molar-refractivity contribution in [2.75, 3.05) is 13.1 Å². The third kappa shape index (κ3) is 2.83. The van der Waals surface area contributed by atoms with E-state index in [0.717, 1.165) is 32.4 Å². The van der Waals surface area contributed by atoms with Crippen molar-refractivity contribution in [1.29, 1.82) is 0 Å². The zero-order valence-electron chi connectivity index (χ0n) is 10.5. The van der Waals surface area contributed by atoms with Gasteiger partial charge in [-0.05, 0) is 37.0 Å². The van der Waals surface area contributed by atoms with E-state index in [0.29, 0.717) is 10.9 Å². The van der Waals surface area contributed by atoms with Gasteiger partial charge in [0, 0.05) is 18.1 Å². The quantitative estimate of drug-likeness (QED) is 0.819. The molecule has 1 atom stereocenters. The van der Waals surface area contributed by atoms with Crippen LogP contribution in [0.5, 0.6) is 0 Å². The third-order valence-electron chi connectivity index (χ3n) is 3.43. The van der Waals surface area contributed by atoms with E-state index in [1.807, 2.05) is 0 Å². The number of carbonyl (C=O) groups is 1. The van der Waals surface area contributed by atoms with Crippen LogP contribution in [-0.2, 0) is 0 Å². The zero-order chi connectivity index (χ0) is 13.1. The number of benzene rings is 1. The molecule has 0 spiro atoms. The molecule has 0 aliphatic carbocycles. The van der Waals surface area contributed by atoms with Crippen LogP contribution in [0.1, 0.15) is 36.5 Å². The molecule has 0 N–H and O–H groups in total. The minimum absolute atomic E-state index is 0.0830. The number of nitrogens with zero attached hydrogens (tertiary/aromatic N) is 1. The Morgan fingerprint density at radius 1 is 1.56 bits per heavy atom. The van der Waals surface area contributed by atoms with Gasteiger partial charge in [0.05, 0.1) is 5.56 Å². The Labute approximate surface area is 112 Å². The van der Waals surface area contributed by atoms with Crippen LogP contribution in [0.2, 0.25) is 5.02 Å². The van der Waals surface area contributed by atoms with Crippen LogP contribution in [-0.4, -0.2) is 23.9 Å². The van der Waals surface area contributed by atoms with Gasteiger partial charge in [-0.1, -0.05) is 24.9 Å². The Kier molecular flexibility index (Phi) is 4.23. The molecule has 0 bridgehead atoms. The fraction of sp³-hybridized carbons (Fsp3) is 0.500. The van der Waals surface area contributed by atoms with Crippen LogP contribution < -0.4 is 0 Å². The molecule has 1 amide bonds. The average molecular weight is 270 g/mol. The first-order valence-corrected chi connectivity index (χ1v) is 6.74. The normalized spacial score (nSPS) is 19.3. The predicted octanol–water partition coefficient (Wildman–Crippen LogP) is 3.74. The molecule has 1 aliphatic rings. The standard InChI is InChI=1S/C14H17ClFNO/c1-2-3-10-6-7-17(9-10)14(18)12-8-11(15)4-5-13(12)16/h4-5,8,10H,2-3,6-7,9H2,1H3. The summed E-state index contributed by atoms with van der Waals surface area (Å²) >= 11 is 5.81. The van der Waals surface area contributed by atoms with Gasteiger partial charge >= 0.3 is 0 Å². The lowest BCUT2D eigenvalue weighted by Crippen LogP contribution is -2.29. The van der Waals surface area contributed by atoms with Crippen LogP contribution in [0.15, 0.2) is 18.2 Å². The van der Waals surface area contributed by atoms with Gasteiger partial charge in [0.15, 0.2) is 0 Å². The summed E-state index contributed by atoms with van der Waals surface area (Å²) < 4.78 is 13.6. The Balaban J connectivity index is 2.10. The van der Waals surface area contributed by atoms with E-state index < -0.39 is 5.82 Å². The maximum Gasteiger partial charge on any atom is 0.256 e. The van der Waals surface area contributed by atoms with Gasteiger partial charge in [0.2, 0.25) is 0 Å². The van der Waals surface area contributed by atoms with Crippen LogP contribution in [0, 0.1) is 11.7 Å². The molecule has 1 aromatic carbocycles. The molecule has 1 saturated heterocycles. The minimum atomic E-state index is -0.497. The highest BCUT2D eigenvalue weighted by Crippen LogP contribution is 2.24. The molecule has 98 valence electrons. The van der Waals surface area contributed by atoms with E-state index in [1.165, 1.54) is 18.2 Å². The maximum atomic E-state index is 13.6. The van der Waals surface area contributed by atoms with E-state index in [4.69, 9.17) is 11.6 Å². The fourth-order valence-corrected chi connectivity index (χ4v) is 2.66. The second-order valence-electron chi connectivity index (χ2n) is 4.82. The molecule has 1 aromatic rings. The van der Waals surface area contributed by atoms with Crippen molar-refractivity contribution in [3.05, 3.63) is 34.6 Å². The first kappa shape index (κ1) is 13.3. The van der Waals surface area contributed by atoms with Gasteiger partial charge in [-0.2, -0.15) is 0 Å². The number of amides is 1. The van der Waals surface area contributed by atoms with Gasteiger partial charge in [-0.3, -0.25) is 4.79 Å². The van der Waals surface area contributed by atoms with E-state index in [-0.39, 0.29) is 11.5 Å². The van der Waals surface area contributed by atoms with Crippen molar-refractivity contribution in [1.82, 2.24) is 4.90 Å². The van der Waals surface area contributed by atoms with Crippen molar-refractivity contribution in [3.63, 3.8) is 0 Å². The molecule has 1 heterocycles.